The van der Waals surface area contributed by atoms with Gasteiger partial charge in [-0.1, -0.05) is 11.6 Å². The van der Waals surface area contributed by atoms with Gasteiger partial charge >= 0.3 is 0 Å². The van der Waals surface area contributed by atoms with Crippen molar-refractivity contribution < 1.29 is 22.7 Å². The number of carbonyl (C=O) groups excluding carboxylic acids is 1. The molecule has 1 aromatic heterocycles. The Bertz CT molecular complexity index is 1550. The van der Waals surface area contributed by atoms with Crippen LogP contribution in [-0.4, -0.2) is 33.2 Å². The molecule has 0 fully saturated rings. The first-order valence-corrected chi connectivity index (χ1v) is 14.0. The summed E-state index contributed by atoms with van der Waals surface area (Å²) in [4.78, 5) is 13.1. The third-order valence-electron chi connectivity index (χ3n) is 5.11. The van der Waals surface area contributed by atoms with Crippen LogP contribution in [0.15, 0.2) is 71.6 Å². The van der Waals surface area contributed by atoms with Crippen LogP contribution in [0, 0.1) is 0 Å². The molecule has 0 aliphatic heterocycles. The highest BCUT2D eigenvalue weighted by atomic mass is 35.5. The summed E-state index contributed by atoms with van der Waals surface area (Å²) in [5.41, 5.74) is 0.908. The van der Waals surface area contributed by atoms with E-state index >= 15 is 0 Å². The number of methoxy groups -OCH3 is 1. The lowest BCUT2D eigenvalue weighted by atomic mass is 10.2. The summed E-state index contributed by atoms with van der Waals surface area (Å²) in [5.74, 6) is 0.856. The van der Waals surface area contributed by atoms with Crippen molar-refractivity contribution in [2.45, 2.75) is 11.8 Å². The fraction of sp³-hybridized carbons (Fsp3) is 0.120. The highest BCUT2D eigenvalue weighted by molar-refractivity contribution is 7.92. The van der Waals surface area contributed by atoms with E-state index in [1.165, 1.54) is 23.5 Å². The average Bonchev–Trinajstić information content (AvgIpc) is 3.21. The van der Waals surface area contributed by atoms with Gasteiger partial charge in [0.25, 0.3) is 15.9 Å². The van der Waals surface area contributed by atoms with Crippen LogP contribution < -0.4 is 24.8 Å². The maximum absolute atomic E-state index is 12.8. The quantitative estimate of drug-likeness (QED) is 0.225. The molecule has 0 radical (unpaired) electrons. The Morgan fingerprint density at radius 1 is 1.00 bits per heavy atom. The lowest BCUT2D eigenvalue weighted by molar-refractivity contribution is 0.0982. The number of sulfonamides is 1. The van der Waals surface area contributed by atoms with E-state index in [0.29, 0.717) is 39.4 Å². The van der Waals surface area contributed by atoms with Crippen LogP contribution in [0.2, 0.25) is 5.02 Å². The van der Waals surface area contributed by atoms with Gasteiger partial charge in [0.2, 0.25) is 0 Å². The van der Waals surface area contributed by atoms with Crippen LogP contribution in [0.5, 0.6) is 11.5 Å². The number of thiocarbonyl (C=S) groups is 1. The number of amides is 1. The molecule has 12 heteroatoms. The average molecular weight is 576 g/mol. The third kappa shape index (κ3) is 6.31. The molecule has 37 heavy (non-hydrogen) atoms. The first kappa shape index (κ1) is 26.7. The summed E-state index contributed by atoms with van der Waals surface area (Å²) >= 11 is 12.9. The number of hydrogen-bond donors (Lipinski definition) is 3. The minimum atomic E-state index is -3.80. The standard InChI is InChI=1S/C25H22ClN3O5S3/c1-3-34-17-8-4-16(5-9-17)29-37(31,32)19-11-6-15(7-12-19)27-25(35)28-24(30)23-22(26)20-13-10-18(33-2)14-21(20)36-23/h4-14,29H,3H2,1-2H3,(H2,27,28,30,35). The topological polar surface area (TPSA) is 106 Å². The van der Waals surface area contributed by atoms with Gasteiger partial charge in [0, 0.05) is 21.5 Å². The molecule has 0 spiro atoms. The van der Waals surface area contributed by atoms with Crippen LogP contribution in [0.3, 0.4) is 0 Å². The van der Waals surface area contributed by atoms with E-state index < -0.39 is 15.9 Å². The number of ether oxygens (including phenoxy) is 2. The summed E-state index contributed by atoms with van der Waals surface area (Å²) in [6, 6.07) is 17.9. The van der Waals surface area contributed by atoms with Crippen molar-refractivity contribution in [1.82, 2.24) is 5.32 Å². The summed E-state index contributed by atoms with van der Waals surface area (Å²) in [5, 5.41) is 6.59. The molecule has 0 unspecified atom stereocenters. The first-order chi connectivity index (χ1) is 17.7. The Morgan fingerprint density at radius 2 is 1.65 bits per heavy atom. The summed E-state index contributed by atoms with van der Waals surface area (Å²) in [6.07, 6.45) is 0. The summed E-state index contributed by atoms with van der Waals surface area (Å²) in [7, 11) is -2.24. The molecule has 1 heterocycles. The van der Waals surface area contributed by atoms with Gasteiger partial charge in [-0.3, -0.25) is 14.8 Å². The third-order valence-corrected chi connectivity index (χ3v) is 8.37. The number of carbonyl (C=O) groups is 1. The Balaban J connectivity index is 1.39. The molecule has 0 bridgehead atoms. The molecule has 0 aliphatic carbocycles. The zero-order valence-corrected chi connectivity index (χ0v) is 22.9. The smallest absolute Gasteiger partial charge is 0.269 e. The maximum atomic E-state index is 12.8. The van der Waals surface area contributed by atoms with Crippen molar-refractivity contribution in [2.75, 3.05) is 23.8 Å². The van der Waals surface area contributed by atoms with Crippen molar-refractivity contribution in [1.29, 1.82) is 0 Å². The molecule has 0 atom stereocenters. The van der Waals surface area contributed by atoms with Crippen LogP contribution in [0.1, 0.15) is 16.6 Å². The number of fused-ring (bicyclic) bond motifs is 1. The molecule has 192 valence electrons. The van der Waals surface area contributed by atoms with E-state index in [4.69, 9.17) is 33.3 Å². The molecule has 1 amide bonds. The SMILES string of the molecule is CCOc1ccc(NS(=O)(=O)c2ccc(NC(=S)NC(=O)c3sc4cc(OC)ccc4c3Cl)cc2)cc1. The zero-order chi connectivity index (χ0) is 26.6. The number of halogens is 1. The lowest BCUT2D eigenvalue weighted by Gasteiger charge is -2.11. The number of rotatable bonds is 8. The van der Waals surface area contributed by atoms with Crippen LogP contribution >= 0.6 is 35.2 Å². The van der Waals surface area contributed by atoms with Gasteiger partial charge in [0.05, 0.1) is 23.6 Å². The van der Waals surface area contributed by atoms with Crippen molar-refractivity contribution in [3.63, 3.8) is 0 Å². The van der Waals surface area contributed by atoms with Gasteiger partial charge in [-0.05, 0) is 85.9 Å². The van der Waals surface area contributed by atoms with Crippen molar-refractivity contribution in [2.24, 2.45) is 0 Å². The monoisotopic (exact) mass is 575 g/mol. The van der Waals surface area contributed by atoms with Crippen molar-refractivity contribution in [3.8, 4) is 11.5 Å². The number of nitrogens with one attached hydrogen (secondary N) is 3. The van der Waals surface area contributed by atoms with Crippen LogP contribution in [0.4, 0.5) is 11.4 Å². The number of anilines is 2. The molecular formula is C25H22ClN3O5S3. The Hall–Kier alpha value is -3.38. The number of benzene rings is 3. The number of hydrogen-bond acceptors (Lipinski definition) is 7. The highest BCUT2D eigenvalue weighted by Crippen LogP contribution is 2.37. The second-order valence-electron chi connectivity index (χ2n) is 7.60. The second kappa shape index (κ2) is 11.3. The van der Waals surface area contributed by atoms with Gasteiger partial charge in [-0.15, -0.1) is 11.3 Å². The predicted molar refractivity (Wildman–Crippen MR) is 152 cm³/mol. The van der Waals surface area contributed by atoms with Gasteiger partial charge in [0.1, 0.15) is 16.4 Å². The summed E-state index contributed by atoms with van der Waals surface area (Å²) in [6.45, 7) is 2.39. The second-order valence-corrected chi connectivity index (χ2v) is 11.1. The van der Waals surface area contributed by atoms with E-state index in [0.717, 1.165) is 10.1 Å². The van der Waals surface area contributed by atoms with Crippen LogP contribution in [-0.2, 0) is 10.0 Å². The normalized spacial score (nSPS) is 11.1. The highest BCUT2D eigenvalue weighted by Gasteiger charge is 2.19. The Labute approximate surface area is 228 Å². The molecule has 3 aromatic carbocycles. The van der Waals surface area contributed by atoms with E-state index in [1.807, 2.05) is 6.92 Å². The zero-order valence-electron chi connectivity index (χ0n) is 19.7. The van der Waals surface area contributed by atoms with Crippen molar-refractivity contribution in [3.05, 3.63) is 76.6 Å². The molecular weight excluding hydrogens is 554 g/mol. The first-order valence-electron chi connectivity index (χ1n) is 10.9. The number of thiophene rings is 1. The fourth-order valence-corrected chi connectivity index (χ4v) is 6.07. The van der Waals surface area contributed by atoms with Gasteiger partial charge in [-0.25, -0.2) is 8.42 Å². The largest absolute Gasteiger partial charge is 0.497 e. The van der Waals surface area contributed by atoms with Gasteiger partial charge < -0.3 is 14.8 Å². The predicted octanol–water partition coefficient (Wildman–Crippen LogP) is 5.89. The molecule has 8 nitrogen and oxygen atoms in total. The molecule has 4 rings (SSSR count). The minimum Gasteiger partial charge on any atom is -0.497 e. The molecule has 0 aliphatic rings. The lowest BCUT2D eigenvalue weighted by Crippen LogP contribution is -2.33. The van der Waals surface area contributed by atoms with E-state index in [-0.39, 0.29) is 10.0 Å². The van der Waals surface area contributed by atoms with Crippen molar-refractivity contribution >= 4 is 77.7 Å². The molecule has 0 saturated heterocycles. The summed E-state index contributed by atoms with van der Waals surface area (Å²) < 4.78 is 39.4. The van der Waals surface area contributed by atoms with E-state index in [2.05, 4.69) is 15.4 Å². The fourth-order valence-electron chi connectivity index (χ4n) is 3.36. The van der Waals surface area contributed by atoms with E-state index in [1.54, 1.807) is 61.7 Å². The van der Waals surface area contributed by atoms with Crippen LogP contribution in [0.25, 0.3) is 10.1 Å². The maximum Gasteiger partial charge on any atom is 0.269 e. The molecule has 0 saturated carbocycles. The Kier molecular flexibility index (Phi) is 8.18. The van der Waals surface area contributed by atoms with Gasteiger partial charge in [-0.2, -0.15) is 0 Å². The minimum absolute atomic E-state index is 0.0409. The van der Waals surface area contributed by atoms with E-state index in [9.17, 15) is 13.2 Å². The molecule has 4 aromatic rings. The Morgan fingerprint density at radius 3 is 2.30 bits per heavy atom. The van der Waals surface area contributed by atoms with Gasteiger partial charge in [0.15, 0.2) is 5.11 Å². The molecule has 3 N–H and O–H groups in total.